The number of aliphatic carboxylic acids is 1. The van der Waals surface area contributed by atoms with Crippen LogP contribution < -0.4 is 10.1 Å². The van der Waals surface area contributed by atoms with E-state index in [0.717, 1.165) is 46.9 Å². The van der Waals surface area contributed by atoms with Crippen LogP contribution in [0.3, 0.4) is 0 Å². The number of nitrogens with one attached hydrogen (secondary N) is 1. The summed E-state index contributed by atoms with van der Waals surface area (Å²) in [4.78, 5) is 28.3. The van der Waals surface area contributed by atoms with Crippen LogP contribution in [0.5, 0.6) is 5.75 Å². The molecule has 0 spiro atoms. The quantitative estimate of drug-likeness (QED) is 0.241. The SMILES string of the molecule is Cc1oc(-c2ccccc2)nc1CCOc1ccc(CCC(=O)O)c(CNC(=O)CCCC2CCCCC2)c1. The van der Waals surface area contributed by atoms with Crippen molar-refractivity contribution in [3.8, 4) is 17.2 Å². The van der Waals surface area contributed by atoms with Gasteiger partial charge in [0, 0.05) is 31.4 Å². The standard InChI is InChI=1S/C32H40N2O5/c1-23-29(34-32(39-23)26-12-6-3-7-13-26)19-20-38-28-17-15-25(16-18-31(36)37)27(21-28)22-33-30(35)14-8-11-24-9-4-2-5-10-24/h3,6-7,12-13,15,17,21,24H,2,4-5,8-11,14,16,18-20,22H2,1H3,(H,33,35)(H,36,37). The van der Waals surface area contributed by atoms with Crippen LogP contribution in [0.25, 0.3) is 11.5 Å². The summed E-state index contributed by atoms with van der Waals surface area (Å²) < 4.78 is 11.9. The molecule has 0 bridgehead atoms. The number of carboxylic acids is 1. The molecule has 0 saturated heterocycles. The summed E-state index contributed by atoms with van der Waals surface area (Å²) in [6.45, 7) is 2.68. The number of hydrogen-bond donors (Lipinski definition) is 2. The molecule has 0 radical (unpaired) electrons. The summed E-state index contributed by atoms with van der Waals surface area (Å²) in [7, 11) is 0. The van der Waals surface area contributed by atoms with Crippen LogP contribution in [0.15, 0.2) is 52.9 Å². The topological polar surface area (TPSA) is 102 Å². The Balaban J connectivity index is 1.31. The van der Waals surface area contributed by atoms with Crippen LogP contribution in [0, 0.1) is 12.8 Å². The molecule has 1 aliphatic carbocycles. The van der Waals surface area contributed by atoms with E-state index < -0.39 is 5.97 Å². The molecule has 1 heterocycles. The van der Waals surface area contributed by atoms with Gasteiger partial charge >= 0.3 is 5.97 Å². The van der Waals surface area contributed by atoms with Crippen molar-refractivity contribution >= 4 is 11.9 Å². The van der Waals surface area contributed by atoms with Gasteiger partial charge in [0.1, 0.15) is 11.5 Å². The Hall–Kier alpha value is -3.61. The molecule has 208 valence electrons. The van der Waals surface area contributed by atoms with Crippen LogP contribution in [0.4, 0.5) is 0 Å². The first-order valence-corrected chi connectivity index (χ1v) is 14.2. The molecule has 0 unspecified atom stereocenters. The number of carbonyl (C=O) groups is 2. The van der Waals surface area contributed by atoms with E-state index in [1.807, 2.05) is 55.5 Å². The molecule has 1 aromatic heterocycles. The van der Waals surface area contributed by atoms with Gasteiger partial charge in [-0.1, -0.05) is 56.4 Å². The van der Waals surface area contributed by atoms with Gasteiger partial charge in [0.2, 0.25) is 11.8 Å². The van der Waals surface area contributed by atoms with Crippen molar-refractivity contribution in [1.29, 1.82) is 0 Å². The highest BCUT2D eigenvalue weighted by molar-refractivity contribution is 5.75. The zero-order valence-electron chi connectivity index (χ0n) is 22.9. The highest BCUT2D eigenvalue weighted by atomic mass is 16.5. The highest BCUT2D eigenvalue weighted by Gasteiger charge is 2.15. The molecule has 0 aliphatic heterocycles. The van der Waals surface area contributed by atoms with Gasteiger partial charge in [-0.3, -0.25) is 9.59 Å². The lowest BCUT2D eigenvalue weighted by Crippen LogP contribution is -2.23. The van der Waals surface area contributed by atoms with E-state index in [0.29, 0.717) is 44.1 Å². The minimum Gasteiger partial charge on any atom is -0.493 e. The third-order valence-corrected chi connectivity index (χ3v) is 7.52. The first kappa shape index (κ1) is 28.4. The summed E-state index contributed by atoms with van der Waals surface area (Å²) in [6.07, 6.45) is 10.2. The number of hydrogen-bond acceptors (Lipinski definition) is 5. The zero-order valence-corrected chi connectivity index (χ0v) is 22.9. The first-order chi connectivity index (χ1) is 19.0. The molecule has 4 rings (SSSR count). The average Bonchev–Trinajstić information content (AvgIpc) is 3.32. The maximum atomic E-state index is 12.5. The van der Waals surface area contributed by atoms with Crippen LogP contribution in [0.2, 0.25) is 0 Å². The van der Waals surface area contributed by atoms with Gasteiger partial charge in [0.25, 0.3) is 0 Å². The van der Waals surface area contributed by atoms with E-state index in [1.165, 1.54) is 32.1 Å². The maximum Gasteiger partial charge on any atom is 0.303 e. The minimum absolute atomic E-state index is 0.0389. The van der Waals surface area contributed by atoms with E-state index in [4.69, 9.17) is 14.3 Å². The van der Waals surface area contributed by atoms with Crippen molar-refractivity contribution in [3.05, 3.63) is 71.1 Å². The molecular weight excluding hydrogens is 492 g/mol. The monoisotopic (exact) mass is 532 g/mol. The van der Waals surface area contributed by atoms with Gasteiger partial charge in [-0.2, -0.15) is 0 Å². The largest absolute Gasteiger partial charge is 0.493 e. The van der Waals surface area contributed by atoms with Crippen LogP contribution >= 0.6 is 0 Å². The van der Waals surface area contributed by atoms with Crippen LogP contribution in [-0.2, 0) is 29.0 Å². The molecule has 0 atom stereocenters. The predicted octanol–water partition coefficient (Wildman–Crippen LogP) is 6.66. The Kier molecular flexibility index (Phi) is 10.6. The fourth-order valence-corrected chi connectivity index (χ4v) is 5.28. The number of aryl methyl sites for hydroxylation is 2. The Labute approximate surface area is 231 Å². The van der Waals surface area contributed by atoms with Crippen molar-refractivity contribution < 1.29 is 23.8 Å². The number of nitrogens with zero attached hydrogens (tertiary/aromatic N) is 1. The van der Waals surface area contributed by atoms with E-state index in [-0.39, 0.29) is 12.3 Å². The van der Waals surface area contributed by atoms with Crippen LogP contribution in [-0.4, -0.2) is 28.6 Å². The van der Waals surface area contributed by atoms with E-state index in [9.17, 15) is 9.59 Å². The van der Waals surface area contributed by atoms with Gasteiger partial charge in [0.15, 0.2) is 0 Å². The molecular formula is C32H40N2O5. The lowest BCUT2D eigenvalue weighted by Gasteiger charge is -2.21. The number of carbonyl (C=O) groups excluding carboxylic acids is 1. The second kappa shape index (κ2) is 14.5. The Morgan fingerprint density at radius 1 is 1.03 bits per heavy atom. The third kappa shape index (κ3) is 8.98. The molecule has 1 fully saturated rings. The normalized spacial score (nSPS) is 13.8. The van der Waals surface area contributed by atoms with Gasteiger partial charge in [-0.25, -0.2) is 4.98 Å². The molecule has 7 nitrogen and oxygen atoms in total. The molecule has 1 saturated carbocycles. The van der Waals surface area contributed by atoms with Crippen molar-refractivity contribution in [1.82, 2.24) is 10.3 Å². The number of ether oxygens (including phenoxy) is 1. The molecule has 1 amide bonds. The molecule has 39 heavy (non-hydrogen) atoms. The molecule has 1 aliphatic rings. The lowest BCUT2D eigenvalue weighted by atomic mass is 9.86. The Bertz CT molecular complexity index is 1210. The summed E-state index contributed by atoms with van der Waals surface area (Å²) in [6, 6.07) is 15.5. The van der Waals surface area contributed by atoms with Gasteiger partial charge < -0.3 is 19.6 Å². The molecule has 7 heteroatoms. The first-order valence-electron chi connectivity index (χ1n) is 14.2. The Morgan fingerprint density at radius 2 is 1.82 bits per heavy atom. The maximum absolute atomic E-state index is 12.5. The summed E-state index contributed by atoms with van der Waals surface area (Å²) in [5.74, 6) is 2.02. The second-order valence-corrected chi connectivity index (χ2v) is 10.5. The Morgan fingerprint density at radius 3 is 2.59 bits per heavy atom. The number of rotatable bonds is 14. The van der Waals surface area contributed by atoms with Crippen LogP contribution in [0.1, 0.15) is 80.4 Å². The van der Waals surface area contributed by atoms with Gasteiger partial charge in [-0.05, 0) is 67.5 Å². The summed E-state index contributed by atoms with van der Waals surface area (Å²) in [5.41, 5.74) is 3.59. The molecule has 2 aromatic carbocycles. The zero-order chi connectivity index (χ0) is 27.5. The summed E-state index contributed by atoms with van der Waals surface area (Å²) >= 11 is 0. The minimum atomic E-state index is -0.842. The second-order valence-electron chi connectivity index (χ2n) is 10.5. The van der Waals surface area contributed by atoms with Crippen molar-refractivity contribution in [2.45, 2.75) is 84.1 Å². The smallest absolute Gasteiger partial charge is 0.303 e. The van der Waals surface area contributed by atoms with E-state index in [2.05, 4.69) is 10.3 Å². The van der Waals surface area contributed by atoms with Gasteiger partial charge in [-0.15, -0.1) is 0 Å². The number of carboxylic acid groups (broad SMARTS) is 1. The van der Waals surface area contributed by atoms with Crippen molar-refractivity contribution in [2.75, 3.05) is 6.61 Å². The predicted molar refractivity (Wildman–Crippen MR) is 151 cm³/mol. The fraction of sp³-hybridized carbons (Fsp3) is 0.469. The number of aromatic nitrogens is 1. The lowest BCUT2D eigenvalue weighted by molar-refractivity contribution is -0.137. The molecule has 2 N–H and O–H groups in total. The number of benzene rings is 2. The number of oxazole rings is 1. The third-order valence-electron chi connectivity index (χ3n) is 7.52. The van der Waals surface area contributed by atoms with Crippen molar-refractivity contribution in [3.63, 3.8) is 0 Å². The highest BCUT2D eigenvalue weighted by Crippen LogP contribution is 2.28. The number of amides is 1. The van der Waals surface area contributed by atoms with E-state index >= 15 is 0 Å². The van der Waals surface area contributed by atoms with Gasteiger partial charge in [0.05, 0.1) is 12.3 Å². The van der Waals surface area contributed by atoms with Crippen molar-refractivity contribution in [2.24, 2.45) is 5.92 Å². The fourth-order valence-electron chi connectivity index (χ4n) is 5.28. The molecule has 3 aromatic rings. The van der Waals surface area contributed by atoms with E-state index in [1.54, 1.807) is 0 Å². The summed E-state index contributed by atoms with van der Waals surface area (Å²) in [5, 5.41) is 12.2. The average molecular weight is 533 g/mol.